The molecule has 0 spiro atoms. The van der Waals surface area contributed by atoms with Crippen molar-refractivity contribution in [1.29, 1.82) is 0 Å². The molecule has 2 atom stereocenters. The summed E-state index contributed by atoms with van der Waals surface area (Å²) in [6, 6.07) is 1.02. The molecule has 0 radical (unpaired) electrons. The smallest absolute Gasteiger partial charge is 0.315 e. The highest BCUT2D eigenvalue weighted by atomic mass is 32.2. The lowest BCUT2D eigenvalue weighted by Gasteiger charge is -2.27. The van der Waals surface area contributed by atoms with Gasteiger partial charge in [-0.1, -0.05) is 11.5 Å². The number of hydrogen-bond acceptors (Lipinski definition) is 6. The average Bonchev–Trinajstić information content (AvgIpc) is 2.83. The molecule has 0 saturated heterocycles. The van der Waals surface area contributed by atoms with E-state index in [1.807, 2.05) is 11.8 Å². The molecule has 1 saturated carbocycles. The van der Waals surface area contributed by atoms with Gasteiger partial charge in [-0.25, -0.2) is 0 Å². The Morgan fingerprint density at radius 2 is 2.10 bits per heavy atom. The van der Waals surface area contributed by atoms with Crippen molar-refractivity contribution in [1.82, 2.24) is 15.5 Å². The number of aromatic nitrogens is 2. The summed E-state index contributed by atoms with van der Waals surface area (Å²) in [6.07, 6.45) is 7.16. The van der Waals surface area contributed by atoms with E-state index in [4.69, 9.17) is 4.42 Å². The summed E-state index contributed by atoms with van der Waals surface area (Å²) < 4.78 is 5.65. The molecule has 1 aliphatic carbocycles. The van der Waals surface area contributed by atoms with Crippen molar-refractivity contribution in [3.8, 4) is 0 Å². The monoisotopic (exact) mass is 298 g/mol. The van der Waals surface area contributed by atoms with Crippen LogP contribution in [0.3, 0.4) is 0 Å². The predicted octanol–water partition coefficient (Wildman–Crippen LogP) is 3.04. The van der Waals surface area contributed by atoms with Gasteiger partial charge in [0.2, 0.25) is 5.89 Å². The van der Waals surface area contributed by atoms with E-state index in [0.717, 1.165) is 5.25 Å². The molecule has 20 heavy (non-hydrogen) atoms. The normalized spacial score (nSPS) is 23.8. The van der Waals surface area contributed by atoms with Gasteiger partial charge in [0, 0.05) is 16.8 Å². The molecule has 5 nitrogen and oxygen atoms in total. The van der Waals surface area contributed by atoms with E-state index in [0.29, 0.717) is 24.5 Å². The molecular formula is C14H26N4OS. The zero-order valence-corrected chi connectivity index (χ0v) is 13.7. The van der Waals surface area contributed by atoms with Gasteiger partial charge in [-0.15, -0.1) is 5.10 Å². The lowest BCUT2D eigenvalue weighted by molar-refractivity contribution is 0.381. The first-order chi connectivity index (χ1) is 9.46. The van der Waals surface area contributed by atoms with Crippen LogP contribution in [-0.2, 0) is 6.54 Å². The van der Waals surface area contributed by atoms with Gasteiger partial charge in [0.25, 0.3) is 0 Å². The van der Waals surface area contributed by atoms with E-state index >= 15 is 0 Å². The fourth-order valence-corrected chi connectivity index (χ4v) is 3.22. The maximum Gasteiger partial charge on any atom is 0.315 e. The minimum Gasteiger partial charge on any atom is -0.407 e. The van der Waals surface area contributed by atoms with Crippen LogP contribution in [0.1, 0.15) is 52.3 Å². The van der Waals surface area contributed by atoms with Crippen LogP contribution < -0.4 is 10.6 Å². The SMILES string of the molecule is CSC1CCCC(Nc2nnc(CNC(C)(C)C)o2)C1. The summed E-state index contributed by atoms with van der Waals surface area (Å²) in [5.41, 5.74) is 0.0526. The predicted molar refractivity (Wildman–Crippen MR) is 84.1 cm³/mol. The second kappa shape index (κ2) is 6.80. The Labute approximate surface area is 125 Å². The largest absolute Gasteiger partial charge is 0.407 e. The van der Waals surface area contributed by atoms with E-state index in [1.165, 1.54) is 25.7 Å². The van der Waals surface area contributed by atoms with Crippen LogP contribution in [0.15, 0.2) is 4.42 Å². The Balaban J connectivity index is 1.83. The van der Waals surface area contributed by atoms with Crippen molar-refractivity contribution in [3.63, 3.8) is 0 Å². The lowest BCUT2D eigenvalue weighted by Crippen LogP contribution is -2.35. The maximum atomic E-state index is 5.65. The van der Waals surface area contributed by atoms with Crippen molar-refractivity contribution in [2.45, 2.75) is 69.8 Å². The average molecular weight is 298 g/mol. The topological polar surface area (TPSA) is 63.0 Å². The van der Waals surface area contributed by atoms with Gasteiger partial charge in [-0.2, -0.15) is 11.8 Å². The highest BCUT2D eigenvalue weighted by Crippen LogP contribution is 2.28. The molecule has 2 unspecified atom stereocenters. The number of nitrogens with zero attached hydrogens (tertiary/aromatic N) is 2. The summed E-state index contributed by atoms with van der Waals surface area (Å²) in [7, 11) is 0. The third-order valence-corrected chi connectivity index (χ3v) is 4.62. The zero-order chi connectivity index (χ0) is 14.6. The summed E-state index contributed by atoms with van der Waals surface area (Å²) in [6.45, 7) is 6.96. The van der Waals surface area contributed by atoms with E-state index in [9.17, 15) is 0 Å². The van der Waals surface area contributed by atoms with Gasteiger partial charge in [-0.05, 0) is 46.3 Å². The number of nitrogens with one attached hydrogen (secondary N) is 2. The standard InChI is InChI=1S/C14H26N4OS/c1-14(2,3)15-9-12-17-18-13(19-12)16-10-6-5-7-11(8-10)20-4/h10-11,15H,5-9H2,1-4H3,(H,16,18). The zero-order valence-electron chi connectivity index (χ0n) is 12.9. The van der Waals surface area contributed by atoms with Crippen molar-refractivity contribution < 1.29 is 4.42 Å². The summed E-state index contributed by atoms with van der Waals surface area (Å²) in [4.78, 5) is 0. The van der Waals surface area contributed by atoms with Gasteiger partial charge in [0.05, 0.1) is 6.54 Å². The van der Waals surface area contributed by atoms with Gasteiger partial charge < -0.3 is 15.1 Å². The highest BCUT2D eigenvalue weighted by molar-refractivity contribution is 7.99. The molecular weight excluding hydrogens is 272 g/mol. The van der Waals surface area contributed by atoms with Crippen molar-refractivity contribution >= 4 is 17.8 Å². The first-order valence-electron chi connectivity index (χ1n) is 7.33. The maximum absolute atomic E-state index is 5.65. The molecule has 1 heterocycles. The molecule has 1 fully saturated rings. The first kappa shape index (κ1) is 15.6. The van der Waals surface area contributed by atoms with Crippen molar-refractivity contribution in [3.05, 3.63) is 5.89 Å². The summed E-state index contributed by atoms with van der Waals surface area (Å²) >= 11 is 1.96. The summed E-state index contributed by atoms with van der Waals surface area (Å²) in [5, 5.41) is 15.6. The number of rotatable bonds is 5. The second-order valence-electron chi connectivity index (χ2n) is 6.47. The van der Waals surface area contributed by atoms with Gasteiger partial charge in [0.15, 0.2) is 0 Å². The minimum absolute atomic E-state index is 0.0526. The molecule has 114 valence electrons. The number of anilines is 1. The molecule has 2 N–H and O–H groups in total. The molecule has 0 bridgehead atoms. The van der Waals surface area contributed by atoms with Crippen LogP contribution in [0, 0.1) is 0 Å². The van der Waals surface area contributed by atoms with Gasteiger partial charge in [0.1, 0.15) is 0 Å². The third kappa shape index (κ3) is 4.98. The summed E-state index contributed by atoms with van der Waals surface area (Å²) in [5.74, 6) is 0.639. The van der Waals surface area contributed by atoms with Crippen LogP contribution in [0.25, 0.3) is 0 Å². The molecule has 1 aromatic rings. The number of hydrogen-bond donors (Lipinski definition) is 2. The molecule has 2 rings (SSSR count). The first-order valence-corrected chi connectivity index (χ1v) is 8.62. The van der Waals surface area contributed by atoms with Crippen molar-refractivity contribution in [2.24, 2.45) is 0 Å². The van der Waals surface area contributed by atoms with Crippen LogP contribution in [0.4, 0.5) is 6.01 Å². The minimum atomic E-state index is 0.0526. The fraction of sp³-hybridized carbons (Fsp3) is 0.857. The molecule has 6 heteroatoms. The van der Waals surface area contributed by atoms with Crippen LogP contribution in [0.2, 0.25) is 0 Å². The van der Waals surface area contributed by atoms with E-state index in [-0.39, 0.29) is 5.54 Å². The Morgan fingerprint density at radius 1 is 1.30 bits per heavy atom. The van der Waals surface area contributed by atoms with E-state index in [2.05, 4.69) is 47.9 Å². The van der Waals surface area contributed by atoms with Crippen LogP contribution >= 0.6 is 11.8 Å². The Bertz CT molecular complexity index is 416. The third-order valence-electron chi connectivity index (χ3n) is 3.52. The fourth-order valence-electron chi connectivity index (χ4n) is 2.39. The van der Waals surface area contributed by atoms with Crippen LogP contribution in [0.5, 0.6) is 0 Å². The van der Waals surface area contributed by atoms with Gasteiger partial charge in [-0.3, -0.25) is 0 Å². The molecule has 0 aliphatic heterocycles. The molecule has 0 amide bonds. The lowest BCUT2D eigenvalue weighted by atomic mass is 9.95. The van der Waals surface area contributed by atoms with E-state index in [1.54, 1.807) is 0 Å². The van der Waals surface area contributed by atoms with Gasteiger partial charge >= 0.3 is 6.01 Å². The Kier molecular flexibility index (Phi) is 5.32. The van der Waals surface area contributed by atoms with Crippen LogP contribution in [-0.4, -0.2) is 33.3 Å². The molecule has 1 aliphatic rings. The quantitative estimate of drug-likeness (QED) is 0.871. The number of thioether (sulfide) groups is 1. The van der Waals surface area contributed by atoms with E-state index < -0.39 is 0 Å². The highest BCUT2D eigenvalue weighted by Gasteiger charge is 2.22. The molecule has 0 aromatic carbocycles. The Morgan fingerprint density at radius 3 is 2.80 bits per heavy atom. The van der Waals surface area contributed by atoms with Crippen molar-refractivity contribution in [2.75, 3.05) is 11.6 Å². The second-order valence-corrected chi connectivity index (χ2v) is 7.61. The molecule has 1 aromatic heterocycles. The Hall–Kier alpha value is -0.750.